The van der Waals surface area contributed by atoms with Gasteiger partial charge in [-0.15, -0.1) is 0 Å². The zero-order valence-electron chi connectivity index (χ0n) is 13.6. The Morgan fingerprint density at radius 3 is 2.60 bits per heavy atom. The van der Waals surface area contributed by atoms with Crippen molar-refractivity contribution in [1.82, 2.24) is 4.72 Å². The first kappa shape index (κ1) is 18.0. The summed E-state index contributed by atoms with van der Waals surface area (Å²) in [4.78, 5) is 0.103. The van der Waals surface area contributed by atoms with E-state index in [1.807, 2.05) is 6.07 Å². The number of rotatable bonds is 6. The lowest BCUT2D eigenvalue weighted by Gasteiger charge is -2.20. The van der Waals surface area contributed by atoms with Crippen molar-refractivity contribution < 1.29 is 22.6 Å². The molecule has 25 heavy (non-hydrogen) atoms. The second-order valence-corrected chi connectivity index (χ2v) is 7.58. The van der Waals surface area contributed by atoms with Crippen LogP contribution < -0.4 is 14.2 Å². The van der Waals surface area contributed by atoms with E-state index in [4.69, 9.17) is 25.8 Å². The van der Waals surface area contributed by atoms with Crippen LogP contribution in [0.1, 0.15) is 11.7 Å². The molecule has 1 aliphatic heterocycles. The molecule has 1 aliphatic rings. The van der Waals surface area contributed by atoms with Crippen molar-refractivity contribution >= 4 is 21.6 Å². The van der Waals surface area contributed by atoms with Gasteiger partial charge in [0.1, 0.15) is 13.2 Å². The number of hydrogen-bond acceptors (Lipinski definition) is 5. The SMILES string of the molecule is COC(CNS(=O)(=O)c1ccc2c(c1)OCCO2)c1ccccc1Cl. The lowest BCUT2D eigenvalue weighted by atomic mass is 10.1. The van der Waals surface area contributed by atoms with E-state index in [2.05, 4.69) is 4.72 Å². The number of methoxy groups -OCH3 is 1. The van der Waals surface area contributed by atoms with Gasteiger partial charge in [-0.2, -0.15) is 0 Å². The molecular weight excluding hydrogens is 366 g/mol. The van der Waals surface area contributed by atoms with Gasteiger partial charge in [0.15, 0.2) is 11.5 Å². The number of nitrogens with one attached hydrogen (secondary N) is 1. The number of fused-ring (bicyclic) bond motifs is 1. The van der Waals surface area contributed by atoms with Gasteiger partial charge in [0.25, 0.3) is 0 Å². The van der Waals surface area contributed by atoms with Gasteiger partial charge in [0, 0.05) is 30.3 Å². The molecule has 6 nitrogen and oxygen atoms in total. The monoisotopic (exact) mass is 383 g/mol. The highest BCUT2D eigenvalue weighted by Crippen LogP contribution is 2.32. The van der Waals surface area contributed by atoms with Gasteiger partial charge in [0.05, 0.1) is 11.0 Å². The molecule has 134 valence electrons. The minimum atomic E-state index is -3.73. The second-order valence-electron chi connectivity index (χ2n) is 5.40. The number of benzene rings is 2. The molecule has 0 saturated carbocycles. The molecule has 1 heterocycles. The minimum Gasteiger partial charge on any atom is -0.486 e. The third-order valence-electron chi connectivity index (χ3n) is 3.82. The smallest absolute Gasteiger partial charge is 0.240 e. The van der Waals surface area contributed by atoms with Gasteiger partial charge in [-0.1, -0.05) is 29.8 Å². The van der Waals surface area contributed by atoms with Crippen molar-refractivity contribution in [1.29, 1.82) is 0 Å². The Morgan fingerprint density at radius 1 is 1.16 bits per heavy atom. The van der Waals surface area contributed by atoms with Gasteiger partial charge >= 0.3 is 0 Å². The molecule has 0 amide bonds. The summed E-state index contributed by atoms with van der Waals surface area (Å²) in [6, 6.07) is 11.7. The molecule has 0 saturated heterocycles. The van der Waals surface area contributed by atoms with Crippen molar-refractivity contribution in [3.63, 3.8) is 0 Å². The highest BCUT2D eigenvalue weighted by molar-refractivity contribution is 7.89. The molecule has 2 aromatic rings. The normalized spacial score (nSPS) is 15.0. The molecule has 0 aromatic heterocycles. The predicted molar refractivity (Wildman–Crippen MR) is 93.8 cm³/mol. The van der Waals surface area contributed by atoms with Crippen molar-refractivity contribution in [2.45, 2.75) is 11.0 Å². The van der Waals surface area contributed by atoms with Gasteiger partial charge in [-0.3, -0.25) is 0 Å². The van der Waals surface area contributed by atoms with E-state index in [0.717, 1.165) is 5.56 Å². The first-order valence-corrected chi connectivity index (χ1v) is 9.54. The standard InChI is InChI=1S/C17H18ClNO5S/c1-22-17(13-4-2-3-5-14(13)18)11-19-25(20,21)12-6-7-15-16(10-12)24-9-8-23-15/h2-7,10,17,19H,8-9,11H2,1H3. The van der Waals surface area contributed by atoms with Crippen molar-refractivity contribution in [2.75, 3.05) is 26.9 Å². The first-order valence-electron chi connectivity index (χ1n) is 7.68. The van der Waals surface area contributed by atoms with E-state index in [1.54, 1.807) is 24.3 Å². The van der Waals surface area contributed by atoms with Crippen molar-refractivity contribution in [2.24, 2.45) is 0 Å². The largest absolute Gasteiger partial charge is 0.486 e. The highest BCUT2D eigenvalue weighted by atomic mass is 35.5. The summed E-state index contributed by atoms with van der Waals surface area (Å²) in [5.74, 6) is 0.958. The maximum atomic E-state index is 12.6. The number of ether oxygens (including phenoxy) is 3. The molecule has 0 aliphatic carbocycles. The Bertz CT molecular complexity index is 856. The lowest BCUT2D eigenvalue weighted by Crippen LogP contribution is -2.29. The van der Waals surface area contributed by atoms with Crippen LogP contribution in [0.4, 0.5) is 0 Å². The van der Waals surface area contributed by atoms with E-state index in [-0.39, 0.29) is 11.4 Å². The molecule has 1 atom stereocenters. The van der Waals surface area contributed by atoms with Gasteiger partial charge in [0.2, 0.25) is 10.0 Å². The Balaban J connectivity index is 1.76. The molecule has 0 bridgehead atoms. The van der Waals surface area contributed by atoms with E-state index >= 15 is 0 Å². The third-order valence-corrected chi connectivity index (χ3v) is 5.58. The predicted octanol–water partition coefficient (Wildman–Crippen LogP) is 2.78. The van der Waals surface area contributed by atoms with Crippen LogP contribution >= 0.6 is 11.6 Å². The van der Waals surface area contributed by atoms with E-state index in [1.165, 1.54) is 19.2 Å². The molecule has 1 unspecified atom stereocenters. The molecule has 0 spiro atoms. The van der Waals surface area contributed by atoms with Crippen molar-refractivity contribution in [3.8, 4) is 11.5 Å². The summed E-state index contributed by atoms with van der Waals surface area (Å²) >= 11 is 6.16. The van der Waals surface area contributed by atoms with E-state index < -0.39 is 16.1 Å². The number of halogens is 1. The lowest BCUT2D eigenvalue weighted by molar-refractivity contribution is 0.107. The van der Waals surface area contributed by atoms with Crippen LogP contribution in [0.3, 0.4) is 0 Å². The van der Waals surface area contributed by atoms with E-state index in [9.17, 15) is 8.42 Å². The van der Waals surface area contributed by atoms with Gasteiger partial charge in [-0.25, -0.2) is 13.1 Å². The third kappa shape index (κ3) is 4.07. The van der Waals surface area contributed by atoms with Crippen molar-refractivity contribution in [3.05, 3.63) is 53.1 Å². The Labute approximate surface area is 151 Å². The zero-order valence-corrected chi connectivity index (χ0v) is 15.1. The van der Waals surface area contributed by atoms with Gasteiger partial charge < -0.3 is 14.2 Å². The zero-order chi connectivity index (χ0) is 17.9. The topological polar surface area (TPSA) is 73.9 Å². The minimum absolute atomic E-state index is 0.0526. The Kier molecular flexibility index (Phi) is 5.48. The second kappa shape index (κ2) is 7.61. The summed E-state index contributed by atoms with van der Waals surface area (Å²) in [7, 11) is -2.22. The van der Waals surface area contributed by atoms with Crippen LogP contribution in [0.25, 0.3) is 0 Å². The maximum Gasteiger partial charge on any atom is 0.240 e. The summed E-state index contributed by atoms with van der Waals surface area (Å²) in [6.45, 7) is 0.893. The quantitative estimate of drug-likeness (QED) is 0.830. The number of sulfonamides is 1. The van der Waals surface area contributed by atoms with Crippen LogP contribution in [-0.2, 0) is 14.8 Å². The fourth-order valence-corrected chi connectivity index (χ4v) is 3.82. The fourth-order valence-electron chi connectivity index (χ4n) is 2.52. The van der Waals surface area contributed by atoms with Crippen LogP contribution in [0.2, 0.25) is 5.02 Å². The molecule has 3 rings (SSSR count). The summed E-state index contributed by atoms with van der Waals surface area (Å²) in [6.07, 6.45) is -0.499. The van der Waals surface area contributed by atoms with E-state index in [0.29, 0.717) is 29.7 Å². The average Bonchev–Trinajstić information content (AvgIpc) is 2.63. The summed E-state index contributed by atoms with van der Waals surface area (Å²) in [5.41, 5.74) is 0.719. The molecule has 0 radical (unpaired) electrons. The summed E-state index contributed by atoms with van der Waals surface area (Å²) < 4.78 is 43.9. The maximum absolute atomic E-state index is 12.6. The highest BCUT2D eigenvalue weighted by Gasteiger charge is 2.22. The Morgan fingerprint density at radius 2 is 1.88 bits per heavy atom. The Hall–Kier alpha value is -1.80. The first-order chi connectivity index (χ1) is 12.0. The fraction of sp³-hybridized carbons (Fsp3) is 0.294. The average molecular weight is 384 g/mol. The number of hydrogen-bond donors (Lipinski definition) is 1. The van der Waals surface area contributed by atoms with Crippen LogP contribution in [0.15, 0.2) is 47.4 Å². The van der Waals surface area contributed by atoms with Crippen LogP contribution in [-0.4, -0.2) is 35.3 Å². The summed E-state index contributed by atoms with van der Waals surface area (Å²) in [5, 5.41) is 0.521. The molecule has 8 heteroatoms. The molecule has 1 N–H and O–H groups in total. The molecule has 0 fully saturated rings. The molecule has 2 aromatic carbocycles. The van der Waals surface area contributed by atoms with Crippen LogP contribution in [0.5, 0.6) is 11.5 Å². The van der Waals surface area contributed by atoms with Gasteiger partial charge in [-0.05, 0) is 18.2 Å². The van der Waals surface area contributed by atoms with Crippen LogP contribution in [0, 0.1) is 0 Å². The molecular formula is C17H18ClNO5S.